The van der Waals surface area contributed by atoms with E-state index in [4.69, 9.17) is 18.9 Å². The van der Waals surface area contributed by atoms with Crippen LogP contribution >= 0.6 is 0 Å². The zero-order valence-corrected chi connectivity index (χ0v) is 15.7. The predicted octanol–water partition coefficient (Wildman–Crippen LogP) is 1.63. The second-order valence-corrected chi connectivity index (χ2v) is 6.35. The molecular formula is C18H32N4O3. The lowest BCUT2D eigenvalue weighted by Crippen LogP contribution is -2.39. The van der Waals surface area contributed by atoms with E-state index in [0.29, 0.717) is 6.54 Å². The molecule has 0 aliphatic carbocycles. The maximum absolute atomic E-state index is 5.78. The van der Waals surface area contributed by atoms with Crippen molar-refractivity contribution in [1.29, 1.82) is 0 Å². The molecule has 0 radical (unpaired) electrons. The van der Waals surface area contributed by atoms with Crippen molar-refractivity contribution in [3.8, 4) is 0 Å². The molecule has 0 aromatic carbocycles. The Morgan fingerprint density at radius 3 is 2.96 bits per heavy atom. The van der Waals surface area contributed by atoms with Crippen LogP contribution in [0.5, 0.6) is 0 Å². The highest BCUT2D eigenvalue weighted by atomic mass is 16.5. The lowest BCUT2D eigenvalue weighted by atomic mass is 10.2. The molecule has 25 heavy (non-hydrogen) atoms. The van der Waals surface area contributed by atoms with Gasteiger partial charge in [-0.3, -0.25) is 9.89 Å². The number of guanidine groups is 1. The van der Waals surface area contributed by atoms with Crippen molar-refractivity contribution >= 4 is 5.96 Å². The fraction of sp³-hybridized carbons (Fsp3) is 0.722. The number of hydrogen-bond donors (Lipinski definition) is 2. The zero-order valence-electron chi connectivity index (χ0n) is 15.7. The fourth-order valence-electron chi connectivity index (χ4n) is 2.68. The number of likely N-dealkylation sites (N-methyl/N-ethyl adjacent to an activating group) is 1. The third-order valence-electron chi connectivity index (χ3n) is 4.12. The summed E-state index contributed by atoms with van der Waals surface area (Å²) in [5.41, 5.74) is 0. The number of hydrogen-bond acceptors (Lipinski definition) is 5. The van der Waals surface area contributed by atoms with E-state index < -0.39 is 0 Å². The number of nitrogens with one attached hydrogen (secondary N) is 2. The van der Waals surface area contributed by atoms with Crippen LogP contribution in [-0.2, 0) is 9.47 Å². The molecule has 0 spiro atoms. The summed E-state index contributed by atoms with van der Waals surface area (Å²) in [6.07, 6.45) is 3.93. The van der Waals surface area contributed by atoms with Gasteiger partial charge in [0.25, 0.3) is 0 Å². The highest BCUT2D eigenvalue weighted by molar-refractivity contribution is 5.79. The zero-order chi connectivity index (χ0) is 17.9. The minimum Gasteiger partial charge on any atom is -0.468 e. The lowest BCUT2D eigenvalue weighted by Gasteiger charge is -2.21. The molecule has 2 heterocycles. The summed E-state index contributed by atoms with van der Waals surface area (Å²) in [6.45, 7) is 6.65. The Morgan fingerprint density at radius 1 is 1.44 bits per heavy atom. The van der Waals surface area contributed by atoms with Crippen molar-refractivity contribution in [2.75, 3.05) is 53.6 Å². The molecule has 0 bridgehead atoms. The van der Waals surface area contributed by atoms with E-state index in [1.165, 1.54) is 0 Å². The molecule has 1 aliphatic heterocycles. The van der Waals surface area contributed by atoms with Gasteiger partial charge in [0.05, 0.1) is 31.6 Å². The Kier molecular flexibility index (Phi) is 8.79. The van der Waals surface area contributed by atoms with Gasteiger partial charge in [0, 0.05) is 26.3 Å². The average Bonchev–Trinajstić information content (AvgIpc) is 3.28. The second-order valence-electron chi connectivity index (χ2n) is 6.35. The van der Waals surface area contributed by atoms with Gasteiger partial charge >= 0.3 is 0 Å². The van der Waals surface area contributed by atoms with E-state index in [1.54, 1.807) is 6.26 Å². The van der Waals surface area contributed by atoms with Gasteiger partial charge in [-0.05, 0) is 46.0 Å². The van der Waals surface area contributed by atoms with Crippen LogP contribution in [0.4, 0.5) is 0 Å². The van der Waals surface area contributed by atoms with Gasteiger partial charge in [-0.15, -0.1) is 0 Å². The predicted molar refractivity (Wildman–Crippen MR) is 98.9 cm³/mol. The minimum absolute atomic E-state index is 0.121. The van der Waals surface area contributed by atoms with Crippen molar-refractivity contribution in [1.82, 2.24) is 15.5 Å². The van der Waals surface area contributed by atoms with Crippen molar-refractivity contribution in [2.45, 2.75) is 31.9 Å². The van der Waals surface area contributed by atoms with Crippen molar-refractivity contribution in [2.24, 2.45) is 4.99 Å². The first kappa shape index (κ1) is 19.8. The molecule has 1 aromatic heterocycles. The lowest BCUT2D eigenvalue weighted by molar-refractivity contribution is 0.0420. The summed E-state index contributed by atoms with van der Waals surface area (Å²) in [6, 6.07) is 4.02. The maximum atomic E-state index is 5.78. The van der Waals surface area contributed by atoms with Crippen LogP contribution in [0, 0.1) is 0 Å². The maximum Gasteiger partial charge on any atom is 0.191 e. The highest BCUT2D eigenvalue weighted by Gasteiger charge is 2.17. The van der Waals surface area contributed by atoms with Gasteiger partial charge in [-0.1, -0.05) is 0 Å². The first-order valence-electron chi connectivity index (χ1n) is 9.12. The SMILES string of the molecule is CCNC(=NCC(c1ccco1)N(C)C)NCCCOC1CCOC1. The van der Waals surface area contributed by atoms with Crippen LogP contribution in [0.25, 0.3) is 0 Å². The van der Waals surface area contributed by atoms with E-state index in [1.807, 2.05) is 26.2 Å². The molecule has 1 fully saturated rings. The average molecular weight is 352 g/mol. The number of furan rings is 1. The molecule has 0 amide bonds. The summed E-state index contributed by atoms with van der Waals surface area (Å²) in [5.74, 6) is 1.75. The summed E-state index contributed by atoms with van der Waals surface area (Å²) < 4.78 is 16.6. The first-order valence-corrected chi connectivity index (χ1v) is 9.12. The highest BCUT2D eigenvalue weighted by Crippen LogP contribution is 2.18. The molecule has 1 aromatic rings. The number of ether oxygens (including phenoxy) is 2. The summed E-state index contributed by atoms with van der Waals surface area (Å²) in [4.78, 5) is 6.81. The number of rotatable bonds is 10. The standard InChI is InChI=1S/C18H32N4O3/c1-4-19-18(20-9-6-11-24-15-8-12-23-14-15)21-13-16(22(2)3)17-7-5-10-25-17/h5,7,10,15-16H,4,6,8-9,11-14H2,1-3H3,(H2,19,20,21). The molecular weight excluding hydrogens is 320 g/mol. The number of nitrogens with zero attached hydrogens (tertiary/aromatic N) is 2. The van der Waals surface area contributed by atoms with Gasteiger partial charge in [0.2, 0.25) is 0 Å². The van der Waals surface area contributed by atoms with Crippen LogP contribution in [0.1, 0.15) is 31.6 Å². The van der Waals surface area contributed by atoms with Gasteiger partial charge in [0.15, 0.2) is 5.96 Å². The largest absolute Gasteiger partial charge is 0.468 e. The minimum atomic E-state index is 0.121. The fourth-order valence-corrected chi connectivity index (χ4v) is 2.68. The first-order chi connectivity index (χ1) is 12.2. The molecule has 0 saturated carbocycles. The van der Waals surface area contributed by atoms with Gasteiger partial charge in [0.1, 0.15) is 5.76 Å². The van der Waals surface area contributed by atoms with Crippen molar-refractivity contribution < 1.29 is 13.9 Å². The van der Waals surface area contributed by atoms with Gasteiger partial charge in [-0.25, -0.2) is 0 Å². The molecule has 2 N–H and O–H groups in total. The van der Waals surface area contributed by atoms with Crippen molar-refractivity contribution in [3.63, 3.8) is 0 Å². The summed E-state index contributed by atoms with van der Waals surface area (Å²) >= 11 is 0. The van der Waals surface area contributed by atoms with E-state index in [2.05, 4.69) is 22.5 Å². The van der Waals surface area contributed by atoms with Crippen LogP contribution < -0.4 is 10.6 Å². The van der Waals surface area contributed by atoms with Gasteiger partial charge < -0.3 is 24.5 Å². The Bertz CT molecular complexity index is 485. The van der Waals surface area contributed by atoms with Crippen molar-refractivity contribution in [3.05, 3.63) is 24.2 Å². The monoisotopic (exact) mass is 352 g/mol. The molecule has 142 valence electrons. The van der Waals surface area contributed by atoms with E-state index in [0.717, 1.165) is 57.5 Å². The molecule has 1 saturated heterocycles. The molecule has 1 aliphatic rings. The van der Waals surface area contributed by atoms with Crippen LogP contribution in [0.3, 0.4) is 0 Å². The third kappa shape index (κ3) is 7.05. The molecule has 2 unspecified atom stereocenters. The quantitative estimate of drug-likeness (QED) is 0.379. The Morgan fingerprint density at radius 2 is 2.32 bits per heavy atom. The third-order valence-corrected chi connectivity index (χ3v) is 4.12. The van der Waals surface area contributed by atoms with E-state index in [-0.39, 0.29) is 12.1 Å². The smallest absolute Gasteiger partial charge is 0.191 e. The molecule has 2 rings (SSSR count). The molecule has 7 heteroatoms. The van der Waals surface area contributed by atoms with Crippen LogP contribution in [0.15, 0.2) is 27.8 Å². The molecule has 7 nitrogen and oxygen atoms in total. The summed E-state index contributed by atoms with van der Waals surface area (Å²) in [7, 11) is 4.07. The Hall–Kier alpha value is -1.57. The second kappa shape index (κ2) is 11.1. The Balaban J connectivity index is 1.74. The normalized spacial score (nSPS) is 19.4. The van der Waals surface area contributed by atoms with E-state index >= 15 is 0 Å². The van der Waals surface area contributed by atoms with Crippen LogP contribution in [0.2, 0.25) is 0 Å². The number of aliphatic imine (C=N–C) groups is 1. The van der Waals surface area contributed by atoms with Crippen LogP contribution in [-0.4, -0.2) is 70.5 Å². The molecule has 2 atom stereocenters. The Labute approximate surface area is 150 Å². The van der Waals surface area contributed by atoms with Gasteiger partial charge in [-0.2, -0.15) is 0 Å². The topological polar surface area (TPSA) is 71.3 Å². The van der Waals surface area contributed by atoms with E-state index in [9.17, 15) is 0 Å². The summed E-state index contributed by atoms with van der Waals surface area (Å²) in [5, 5.41) is 6.65.